The van der Waals surface area contributed by atoms with Crippen molar-refractivity contribution < 1.29 is 14.3 Å². The highest BCUT2D eigenvalue weighted by Gasteiger charge is 2.33. The SMILES string of the molecule is CC1=C[C@@H](CNC(=O)Nc2ccccc2)[C@H](C(C)C)C[C@H]1CC(=O)N1CCOCC1. The number of para-hydroxylation sites is 1. The third-order valence-corrected chi connectivity index (χ3v) is 6.40. The highest BCUT2D eigenvalue weighted by Crippen LogP contribution is 2.39. The van der Waals surface area contributed by atoms with Gasteiger partial charge in [-0.2, -0.15) is 0 Å². The fourth-order valence-corrected chi connectivity index (χ4v) is 4.57. The van der Waals surface area contributed by atoms with Crippen molar-refractivity contribution in [3.63, 3.8) is 0 Å². The molecule has 1 aliphatic carbocycles. The van der Waals surface area contributed by atoms with Crippen molar-refractivity contribution in [2.75, 3.05) is 38.2 Å². The van der Waals surface area contributed by atoms with E-state index in [-0.39, 0.29) is 23.8 Å². The summed E-state index contributed by atoms with van der Waals surface area (Å²) in [5, 5.41) is 5.91. The zero-order valence-corrected chi connectivity index (χ0v) is 18.4. The lowest BCUT2D eigenvalue weighted by Gasteiger charge is -2.38. The molecule has 1 aliphatic heterocycles. The molecule has 6 heteroatoms. The topological polar surface area (TPSA) is 70.7 Å². The van der Waals surface area contributed by atoms with Crippen LogP contribution >= 0.6 is 0 Å². The molecule has 0 bridgehead atoms. The molecule has 3 atom stereocenters. The molecule has 0 spiro atoms. The Morgan fingerprint density at radius 1 is 1.17 bits per heavy atom. The summed E-state index contributed by atoms with van der Waals surface area (Å²) in [6, 6.07) is 9.28. The van der Waals surface area contributed by atoms with Crippen LogP contribution in [0.3, 0.4) is 0 Å². The Hall–Kier alpha value is -2.34. The Kier molecular flexibility index (Phi) is 7.91. The van der Waals surface area contributed by atoms with Crippen molar-refractivity contribution in [3.05, 3.63) is 42.0 Å². The van der Waals surface area contributed by atoms with E-state index >= 15 is 0 Å². The summed E-state index contributed by atoms with van der Waals surface area (Å²) in [6.07, 6.45) is 3.84. The quantitative estimate of drug-likeness (QED) is 0.695. The first-order valence-electron chi connectivity index (χ1n) is 11.1. The van der Waals surface area contributed by atoms with Crippen LogP contribution < -0.4 is 10.6 Å². The van der Waals surface area contributed by atoms with Gasteiger partial charge in [-0.25, -0.2) is 4.79 Å². The van der Waals surface area contributed by atoms with Crippen LogP contribution in [0.4, 0.5) is 10.5 Å². The summed E-state index contributed by atoms with van der Waals surface area (Å²) in [7, 11) is 0. The van der Waals surface area contributed by atoms with Gasteiger partial charge in [-0.1, -0.05) is 43.7 Å². The van der Waals surface area contributed by atoms with Crippen LogP contribution in [-0.2, 0) is 9.53 Å². The van der Waals surface area contributed by atoms with E-state index in [1.54, 1.807) is 0 Å². The molecule has 0 unspecified atom stereocenters. The maximum Gasteiger partial charge on any atom is 0.319 e. The highest BCUT2D eigenvalue weighted by atomic mass is 16.5. The summed E-state index contributed by atoms with van der Waals surface area (Å²) in [5.41, 5.74) is 2.05. The number of hydrogen-bond donors (Lipinski definition) is 2. The molecule has 0 aromatic heterocycles. The molecule has 1 aromatic rings. The number of carbonyl (C=O) groups excluding carboxylic acids is 2. The largest absolute Gasteiger partial charge is 0.378 e. The second-order valence-electron chi connectivity index (χ2n) is 8.81. The lowest BCUT2D eigenvalue weighted by molar-refractivity contribution is -0.136. The maximum atomic E-state index is 12.7. The molecule has 0 saturated carbocycles. The molecule has 164 valence electrons. The van der Waals surface area contributed by atoms with Gasteiger partial charge in [0, 0.05) is 31.7 Å². The molecule has 1 fully saturated rings. The third-order valence-electron chi connectivity index (χ3n) is 6.40. The summed E-state index contributed by atoms with van der Waals surface area (Å²) in [4.78, 5) is 27.0. The van der Waals surface area contributed by atoms with E-state index in [0.29, 0.717) is 51.1 Å². The van der Waals surface area contributed by atoms with Crippen molar-refractivity contribution >= 4 is 17.6 Å². The standard InChI is InChI=1S/C24H35N3O3/c1-17(2)22-14-19(15-23(28)27-9-11-30-12-10-27)18(3)13-20(22)16-25-24(29)26-21-7-5-4-6-8-21/h4-8,13,17,19-20,22H,9-12,14-16H2,1-3H3,(H2,25,26,29)/t19-,20-,22-/m0/s1. The van der Waals surface area contributed by atoms with E-state index in [9.17, 15) is 9.59 Å². The first-order valence-corrected chi connectivity index (χ1v) is 11.1. The molecule has 0 radical (unpaired) electrons. The van der Waals surface area contributed by atoms with Gasteiger partial charge in [-0.15, -0.1) is 0 Å². The van der Waals surface area contributed by atoms with Crippen molar-refractivity contribution in [2.24, 2.45) is 23.7 Å². The van der Waals surface area contributed by atoms with Gasteiger partial charge in [0.05, 0.1) is 13.2 Å². The summed E-state index contributed by atoms with van der Waals surface area (Å²) in [6.45, 7) is 9.87. The number of benzene rings is 1. The molecule has 30 heavy (non-hydrogen) atoms. The predicted octanol–water partition coefficient (Wildman–Crippen LogP) is 3.91. The van der Waals surface area contributed by atoms with Crippen LogP contribution in [0.5, 0.6) is 0 Å². The average Bonchev–Trinajstić information content (AvgIpc) is 2.75. The monoisotopic (exact) mass is 413 g/mol. The number of nitrogens with one attached hydrogen (secondary N) is 2. The molecule has 3 rings (SSSR count). The lowest BCUT2D eigenvalue weighted by atomic mass is 9.69. The molecule has 2 aliphatic rings. The Balaban J connectivity index is 1.57. The van der Waals surface area contributed by atoms with Gasteiger partial charge in [-0.3, -0.25) is 4.79 Å². The average molecular weight is 414 g/mol. The van der Waals surface area contributed by atoms with Crippen molar-refractivity contribution in [1.82, 2.24) is 10.2 Å². The maximum absolute atomic E-state index is 12.7. The number of hydrogen-bond acceptors (Lipinski definition) is 3. The van der Waals surface area contributed by atoms with Crippen LogP contribution in [0, 0.1) is 23.7 Å². The number of anilines is 1. The first kappa shape index (κ1) is 22.3. The molecule has 6 nitrogen and oxygen atoms in total. The Labute approximate surface area is 180 Å². The third kappa shape index (κ3) is 6.08. The molecule has 3 amide bonds. The Morgan fingerprint density at radius 2 is 1.87 bits per heavy atom. The van der Waals surface area contributed by atoms with Crippen molar-refractivity contribution in [1.29, 1.82) is 0 Å². The van der Waals surface area contributed by atoms with E-state index in [0.717, 1.165) is 12.1 Å². The fraction of sp³-hybridized carbons (Fsp3) is 0.583. The van der Waals surface area contributed by atoms with Crippen LogP contribution in [0.1, 0.15) is 33.6 Å². The number of morpholine rings is 1. The van der Waals surface area contributed by atoms with Gasteiger partial charge in [0.15, 0.2) is 0 Å². The number of allylic oxidation sites excluding steroid dienone is 1. The number of carbonyl (C=O) groups is 2. The zero-order chi connectivity index (χ0) is 21.5. The molecule has 1 saturated heterocycles. The number of urea groups is 1. The highest BCUT2D eigenvalue weighted by molar-refractivity contribution is 5.89. The second kappa shape index (κ2) is 10.6. The van der Waals surface area contributed by atoms with E-state index in [4.69, 9.17) is 4.74 Å². The molecule has 2 N–H and O–H groups in total. The summed E-state index contributed by atoms with van der Waals surface area (Å²) >= 11 is 0. The van der Waals surface area contributed by atoms with E-state index in [2.05, 4.69) is 37.5 Å². The van der Waals surface area contributed by atoms with Gasteiger partial charge in [0.25, 0.3) is 0 Å². The number of amides is 3. The smallest absolute Gasteiger partial charge is 0.319 e. The van der Waals surface area contributed by atoms with Crippen LogP contribution in [0.2, 0.25) is 0 Å². The summed E-state index contributed by atoms with van der Waals surface area (Å²) in [5.74, 6) is 1.72. The molecular formula is C24H35N3O3. The normalized spacial score (nSPS) is 24.3. The van der Waals surface area contributed by atoms with Gasteiger partial charge in [0.1, 0.15) is 0 Å². The number of nitrogens with zero attached hydrogens (tertiary/aromatic N) is 1. The minimum absolute atomic E-state index is 0.181. The fourth-order valence-electron chi connectivity index (χ4n) is 4.57. The zero-order valence-electron chi connectivity index (χ0n) is 18.4. The first-order chi connectivity index (χ1) is 14.4. The van der Waals surface area contributed by atoms with E-state index < -0.39 is 0 Å². The second-order valence-corrected chi connectivity index (χ2v) is 8.81. The van der Waals surface area contributed by atoms with E-state index in [1.807, 2.05) is 35.2 Å². The van der Waals surface area contributed by atoms with Crippen molar-refractivity contribution in [3.8, 4) is 0 Å². The number of ether oxygens (including phenoxy) is 1. The van der Waals surface area contributed by atoms with Gasteiger partial charge >= 0.3 is 6.03 Å². The predicted molar refractivity (Wildman–Crippen MR) is 119 cm³/mol. The van der Waals surface area contributed by atoms with Gasteiger partial charge in [-0.05, 0) is 49.1 Å². The van der Waals surface area contributed by atoms with Crippen LogP contribution in [0.25, 0.3) is 0 Å². The molecular weight excluding hydrogens is 378 g/mol. The Bertz CT molecular complexity index is 741. The molecule has 1 aromatic carbocycles. The van der Waals surface area contributed by atoms with Crippen molar-refractivity contribution in [2.45, 2.75) is 33.6 Å². The van der Waals surface area contributed by atoms with Gasteiger partial charge < -0.3 is 20.3 Å². The molecule has 1 heterocycles. The minimum atomic E-state index is -0.181. The van der Waals surface area contributed by atoms with Gasteiger partial charge in [0.2, 0.25) is 5.91 Å². The van der Waals surface area contributed by atoms with Crippen LogP contribution in [0.15, 0.2) is 42.0 Å². The van der Waals surface area contributed by atoms with Crippen LogP contribution in [-0.4, -0.2) is 49.7 Å². The minimum Gasteiger partial charge on any atom is -0.378 e. The van der Waals surface area contributed by atoms with E-state index in [1.165, 1.54) is 5.57 Å². The summed E-state index contributed by atoms with van der Waals surface area (Å²) < 4.78 is 5.36. The number of rotatable bonds is 6. The Morgan fingerprint density at radius 3 is 2.53 bits per heavy atom. The lowest BCUT2D eigenvalue weighted by Crippen LogP contribution is -2.42.